The molecule has 0 saturated heterocycles. The zero-order chi connectivity index (χ0) is 27.5. The maximum Gasteiger partial charge on any atom is 0.262 e. The highest BCUT2D eigenvalue weighted by molar-refractivity contribution is 7.98. The minimum absolute atomic E-state index is 0.00188. The molecule has 3 aromatic carbocycles. The van der Waals surface area contributed by atoms with E-state index in [1.807, 2.05) is 78.9 Å². The summed E-state index contributed by atoms with van der Waals surface area (Å²) < 4.78 is 2.85. The average Bonchev–Trinajstić information content (AvgIpc) is 3.45. The number of thiophene rings is 1. The normalized spacial score (nSPS) is 11.5. The Morgan fingerprint density at radius 1 is 0.846 bits per heavy atom. The molecule has 1 atom stereocenters. The van der Waals surface area contributed by atoms with Crippen LogP contribution in [0.3, 0.4) is 0 Å². The van der Waals surface area contributed by atoms with E-state index in [-0.39, 0.29) is 23.7 Å². The summed E-state index contributed by atoms with van der Waals surface area (Å²) >= 11 is 2.64. The molecule has 0 spiro atoms. The van der Waals surface area contributed by atoms with Crippen LogP contribution in [0.4, 0.5) is 0 Å². The molecule has 0 bridgehead atoms. The molecule has 0 radical (unpaired) electrons. The van der Waals surface area contributed by atoms with Crippen molar-refractivity contribution in [1.29, 1.82) is 5.41 Å². The molecule has 0 aliphatic rings. The number of hydrogen-bond donors (Lipinski definition) is 5. The van der Waals surface area contributed by atoms with Crippen molar-refractivity contribution in [3.05, 3.63) is 124 Å². The van der Waals surface area contributed by atoms with Gasteiger partial charge in [0, 0.05) is 22.2 Å². The van der Waals surface area contributed by atoms with Crippen LogP contribution in [0.2, 0.25) is 0 Å². The molecule has 4 rings (SSSR count). The van der Waals surface area contributed by atoms with Crippen molar-refractivity contribution in [2.75, 3.05) is 6.54 Å². The second kappa shape index (κ2) is 14.2. The number of guanidine groups is 1. The highest BCUT2D eigenvalue weighted by atomic mass is 32.2. The standard InChI is InChI=1S/C30H31N5O2S2/c31-30(32)33-20-10-17-24(28(36)35-39-23-15-8-3-9-16-23)34-29(37)26-19-18-25(38-26)27(21-11-4-1-5-12-21)22-13-6-2-7-14-22/h1-9,11-16,18-19,24,27H,10,17,20H2,(H,34,37)(H,35,36)(H4,31,32,33)/t24-/m0/s1. The fourth-order valence-electron chi connectivity index (χ4n) is 4.14. The molecule has 0 unspecified atom stereocenters. The van der Waals surface area contributed by atoms with Crippen molar-refractivity contribution in [2.24, 2.45) is 5.73 Å². The molecule has 2 amide bonds. The molecule has 0 aliphatic heterocycles. The van der Waals surface area contributed by atoms with Crippen molar-refractivity contribution in [2.45, 2.75) is 29.7 Å². The molecule has 200 valence electrons. The van der Waals surface area contributed by atoms with E-state index in [0.717, 1.165) is 20.9 Å². The number of carbonyl (C=O) groups is 2. The number of benzene rings is 3. The topological polar surface area (TPSA) is 120 Å². The van der Waals surface area contributed by atoms with Gasteiger partial charge in [0.2, 0.25) is 0 Å². The summed E-state index contributed by atoms with van der Waals surface area (Å²) in [6.07, 6.45) is 0.940. The Morgan fingerprint density at radius 2 is 1.44 bits per heavy atom. The van der Waals surface area contributed by atoms with Gasteiger partial charge in [0.25, 0.3) is 11.8 Å². The van der Waals surface area contributed by atoms with Crippen molar-refractivity contribution in [3.8, 4) is 0 Å². The first-order valence-corrected chi connectivity index (χ1v) is 14.2. The van der Waals surface area contributed by atoms with Gasteiger partial charge in [-0.1, -0.05) is 78.9 Å². The lowest BCUT2D eigenvalue weighted by Crippen LogP contribution is -2.45. The number of amides is 2. The maximum atomic E-state index is 13.3. The van der Waals surface area contributed by atoms with Crippen LogP contribution in [0.1, 0.15) is 44.4 Å². The Balaban J connectivity index is 1.49. The van der Waals surface area contributed by atoms with E-state index in [1.165, 1.54) is 23.3 Å². The Labute approximate surface area is 236 Å². The largest absolute Gasteiger partial charge is 0.370 e. The van der Waals surface area contributed by atoms with Gasteiger partial charge < -0.3 is 16.4 Å². The molecule has 1 heterocycles. The Morgan fingerprint density at radius 3 is 2.03 bits per heavy atom. The van der Waals surface area contributed by atoms with Crippen LogP contribution in [-0.4, -0.2) is 30.4 Å². The number of hydrogen-bond acceptors (Lipinski definition) is 5. The van der Waals surface area contributed by atoms with Gasteiger partial charge in [-0.2, -0.15) is 0 Å². The van der Waals surface area contributed by atoms with Gasteiger partial charge in [-0.3, -0.25) is 19.7 Å². The number of carbonyl (C=O) groups excluding carboxylic acids is 2. The summed E-state index contributed by atoms with van der Waals surface area (Å²) in [5, 5.41) is 13.0. The summed E-state index contributed by atoms with van der Waals surface area (Å²) in [5.41, 5.74) is 7.66. The fraction of sp³-hybridized carbons (Fsp3) is 0.167. The summed E-state index contributed by atoms with van der Waals surface area (Å²) in [6, 6.07) is 33.0. The van der Waals surface area contributed by atoms with Crippen LogP contribution in [-0.2, 0) is 4.79 Å². The van der Waals surface area contributed by atoms with E-state index in [9.17, 15) is 9.59 Å². The van der Waals surface area contributed by atoms with Crippen molar-refractivity contribution >= 4 is 41.1 Å². The smallest absolute Gasteiger partial charge is 0.262 e. The summed E-state index contributed by atoms with van der Waals surface area (Å²) in [7, 11) is 0. The molecule has 0 fully saturated rings. The summed E-state index contributed by atoms with van der Waals surface area (Å²) in [4.78, 5) is 28.9. The maximum absolute atomic E-state index is 13.3. The number of nitrogens with one attached hydrogen (secondary N) is 4. The first-order valence-electron chi connectivity index (χ1n) is 12.6. The summed E-state index contributed by atoms with van der Waals surface area (Å²) in [6.45, 7) is 0.430. The lowest BCUT2D eigenvalue weighted by Gasteiger charge is -2.18. The minimum atomic E-state index is -0.743. The molecule has 4 aromatic rings. The zero-order valence-corrected chi connectivity index (χ0v) is 22.9. The van der Waals surface area contributed by atoms with E-state index in [1.54, 1.807) is 0 Å². The van der Waals surface area contributed by atoms with Crippen molar-refractivity contribution in [3.63, 3.8) is 0 Å². The van der Waals surface area contributed by atoms with Gasteiger partial charge in [0.15, 0.2) is 5.96 Å². The van der Waals surface area contributed by atoms with E-state index in [2.05, 4.69) is 39.6 Å². The van der Waals surface area contributed by atoms with Crippen LogP contribution in [0.5, 0.6) is 0 Å². The molecule has 0 saturated carbocycles. The van der Waals surface area contributed by atoms with Crippen LogP contribution >= 0.6 is 23.3 Å². The van der Waals surface area contributed by atoms with Crippen molar-refractivity contribution < 1.29 is 9.59 Å². The molecule has 7 nitrogen and oxygen atoms in total. The monoisotopic (exact) mass is 557 g/mol. The lowest BCUT2D eigenvalue weighted by molar-refractivity contribution is -0.121. The van der Waals surface area contributed by atoms with E-state index < -0.39 is 6.04 Å². The predicted octanol–water partition coefficient (Wildman–Crippen LogP) is 5.11. The highest BCUT2D eigenvalue weighted by Crippen LogP contribution is 2.36. The minimum Gasteiger partial charge on any atom is -0.370 e. The molecule has 9 heteroatoms. The SMILES string of the molecule is N=C(N)NCCC[C@H](NC(=O)c1ccc(C(c2ccccc2)c2ccccc2)s1)C(=O)NSc1ccccc1. The van der Waals surface area contributed by atoms with Crippen LogP contribution < -0.4 is 21.1 Å². The highest BCUT2D eigenvalue weighted by Gasteiger charge is 2.24. The molecule has 0 aliphatic carbocycles. The Bertz CT molecular complexity index is 1320. The van der Waals surface area contributed by atoms with Crippen LogP contribution in [0, 0.1) is 5.41 Å². The molecule has 6 N–H and O–H groups in total. The second-order valence-corrected chi connectivity index (χ2v) is 10.8. The summed E-state index contributed by atoms with van der Waals surface area (Å²) in [5.74, 6) is -0.714. The molecule has 1 aromatic heterocycles. The van der Waals surface area contributed by atoms with E-state index >= 15 is 0 Å². The van der Waals surface area contributed by atoms with Crippen LogP contribution in [0.15, 0.2) is 108 Å². The Hall–Kier alpha value is -4.08. The van der Waals surface area contributed by atoms with Gasteiger partial charge >= 0.3 is 0 Å². The van der Waals surface area contributed by atoms with Gasteiger partial charge in [0.05, 0.1) is 4.88 Å². The second-order valence-electron chi connectivity index (χ2n) is 8.85. The van der Waals surface area contributed by atoms with Gasteiger partial charge in [-0.05, 0) is 60.2 Å². The van der Waals surface area contributed by atoms with Crippen molar-refractivity contribution in [1.82, 2.24) is 15.4 Å². The first-order chi connectivity index (χ1) is 19.0. The predicted molar refractivity (Wildman–Crippen MR) is 159 cm³/mol. The third kappa shape index (κ3) is 8.20. The quantitative estimate of drug-likeness (QED) is 0.0717. The van der Waals surface area contributed by atoms with Gasteiger partial charge in [-0.25, -0.2) is 0 Å². The van der Waals surface area contributed by atoms with Crippen LogP contribution in [0.25, 0.3) is 0 Å². The zero-order valence-electron chi connectivity index (χ0n) is 21.3. The lowest BCUT2D eigenvalue weighted by atomic mass is 9.90. The third-order valence-corrected chi connectivity index (χ3v) is 7.98. The molecular formula is C30H31N5O2S2. The van der Waals surface area contributed by atoms with E-state index in [0.29, 0.717) is 24.3 Å². The van der Waals surface area contributed by atoms with E-state index in [4.69, 9.17) is 11.1 Å². The third-order valence-electron chi connectivity index (χ3n) is 6.02. The first kappa shape index (κ1) is 27.9. The fourth-order valence-corrected chi connectivity index (χ4v) is 5.86. The van der Waals surface area contributed by atoms with Gasteiger partial charge in [-0.15, -0.1) is 11.3 Å². The number of nitrogens with two attached hydrogens (primary N) is 1. The molecular weight excluding hydrogens is 526 g/mol. The average molecular weight is 558 g/mol. The van der Waals surface area contributed by atoms with Gasteiger partial charge in [0.1, 0.15) is 6.04 Å². The Kier molecular flexibility index (Phi) is 10.2. The number of rotatable bonds is 12. The molecule has 39 heavy (non-hydrogen) atoms.